The highest BCUT2D eigenvalue weighted by molar-refractivity contribution is 9.10. The minimum absolute atomic E-state index is 0.0939. The fourth-order valence-electron chi connectivity index (χ4n) is 1.84. The molecule has 4 heteroatoms. The minimum atomic E-state index is -0.0939. The van der Waals surface area contributed by atoms with Crippen molar-refractivity contribution in [3.8, 4) is 0 Å². The first-order valence-electron chi connectivity index (χ1n) is 5.66. The molecule has 2 aromatic rings. The molecule has 0 heterocycles. The van der Waals surface area contributed by atoms with Crippen LogP contribution in [0.25, 0.3) is 0 Å². The number of ketones is 1. The summed E-state index contributed by atoms with van der Waals surface area (Å²) in [6.07, 6.45) is 0. The van der Waals surface area contributed by atoms with Gasteiger partial charge in [-0.1, -0.05) is 39.1 Å². The van der Waals surface area contributed by atoms with Gasteiger partial charge in [0.2, 0.25) is 0 Å². The molecule has 0 saturated carbocycles. The van der Waals surface area contributed by atoms with Gasteiger partial charge in [0.1, 0.15) is 0 Å². The number of carbonyl (C=O) groups excluding carboxylic acids is 1. The molecular weight excluding hydrogens is 347 g/mol. The number of carbonyl (C=O) groups is 1. The first-order chi connectivity index (χ1) is 8.90. The van der Waals surface area contributed by atoms with Crippen LogP contribution in [0.3, 0.4) is 0 Å². The Balaban J connectivity index is 2.56. The van der Waals surface area contributed by atoms with Gasteiger partial charge in [-0.05, 0) is 55.3 Å². The van der Waals surface area contributed by atoms with Crippen LogP contribution in [-0.2, 0) is 0 Å². The van der Waals surface area contributed by atoms with Crippen LogP contribution in [-0.4, -0.2) is 5.78 Å². The van der Waals surface area contributed by atoms with E-state index in [2.05, 4.69) is 15.9 Å². The summed E-state index contributed by atoms with van der Waals surface area (Å²) in [6.45, 7) is 3.74. The van der Waals surface area contributed by atoms with Gasteiger partial charge in [0, 0.05) is 20.6 Å². The molecule has 0 aliphatic heterocycles. The van der Waals surface area contributed by atoms with E-state index in [1.54, 1.807) is 30.3 Å². The minimum Gasteiger partial charge on any atom is -0.289 e. The molecule has 2 rings (SSSR count). The Morgan fingerprint density at radius 1 is 0.947 bits per heavy atom. The van der Waals surface area contributed by atoms with Crippen molar-refractivity contribution in [1.29, 1.82) is 0 Å². The second-order valence-corrected chi connectivity index (χ2v) is 6.10. The zero-order valence-corrected chi connectivity index (χ0v) is 13.5. The molecule has 0 radical (unpaired) electrons. The van der Waals surface area contributed by atoms with E-state index in [9.17, 15) is 4.79 Å². The average Bonchev–Trinajstić information content (AvgIpc) is 2.36. The van der Waals surface area contributed by atoms with Crippen LogP contribution in [0.5, 0.6) is 0 Å². The number of hydrogen-bond acceptors (Lipinski definition) is 1. The lowest BCUT2D eigenvalue weighted by molar-refractivity contribution is 0.103. The van der Waals surface area contributed by atoms with E-state index in [0.717, 1.165) is 15.6 Å². The fraction of sp³-hybridized carbons (Fsp3) is 0.133. The van der Waals surface area contributed by atoms with Crippen molar-refractivity contribution >= 4 is 44.9 Å². The molecule has 0 spiro atoms. The Labute approximate surface area is 130 Å². The summed E-state index contributed by atoms with van der Waals surface area (Å²) in [6, 6.07) is 8.84. The highest BCUT2D eigenvalue weighted by Crippen LogP contribution is 2.27. The van der Waals surface area contributed by atoms with Crippen LogP contribution in [0.1, 0.15) is 27.0 Å². The molecule has 2 aromatic carbocycles. The van der Waals surface area contributed by atoms with Crippen molar-refractivity contribution in [1.82, 2.24) is 0 Å². The lowest BCUT2D eigenvalue weighted by Crippen LogP contribution is -2.05. The van der Waals surface area contributed by atoms with Crippen LogP contribution in [0.15, 0.2) is 34.8 Å². The van der Waals surface area contributed by atoms with Crippen LogP contribution in [0.4, 0.5) is 0 Å². The molecule has 0 aromatic heterocycles. The maximum Gasteiger partial charge on any atom is 0.194 e. The zero-order valence-electron chi connectivity index (χ0n) is 10.4. The lowest BCUT2D eigenvalue weighted by atomic mass is 9.97. The molecule has 1 nitrogen and oxygen atoms in total. The standard InChI is InChI=1S/C15H11BrCl2O/c1-8-6-14(18)9(2)5-11(8)15(19)12-7-10(16)3-4-13(12)17/h3-7H,1-2H3. The Kier molecular flexibility index (Phi) is 4.34. The van der Waals surface area contributed by atoms with Crippen molar-refractivity contribution in [2.45, 2.75) is 13.8 Å². The summed E-state index contributed by atoms with van der Waals surface area (Å²) < 4.78 is 0.823. The molecule has 0 saturated heterocycles. The number of halogens is 3. The van der Waals surface area contributed by atoms with E-state index >= 15 is 0 Å². The molecule has 0 amide bonds. The number of benzene rings is 2. The molecular formula is C15H11BrCl2O. The van der Waals surface area contributed by atoms with Crippen molar-refractivity contribution in [3.05, 3.63) is 67.1 Å². The van der Waals surface area contributed by atoms with Crippen LogP contribution >= 0.6 is 39.1 Å². The topological polar surface area (TPSA) is 17.1 Å². The van der Waals surface area contributed by atoms with Crippen molar-refractivity contribution in [3.63, 3.8) is 0 Å². The number of hydrogen-bond donors (Lipinski definition) is 0. The van der Waals surface area contributed by atoms with Crippen LogP contribution in [0.2, 0.25) is 10.0 Å². The van der Waals surface area contributed by atoms with Crippen LogP contribution < -0.4 is 0 Å². The summed E-state index contributed by atoms with van der Waals surface area (Å²) in [5.74, 6) is -0.0939. The highest BCUT2D eigenvalue weighted by atomic mass is 79.9. The predicted octanol–water partition coefficient (Wildman–Crippen LogP) is 5.60. The largest absolute Gasteiger partial charge is 0.289 e. The fourth-order valence-corrected chi connectivity index (χ4v) is 2.62. The average molecular weight is 358 g/mol. The number of rotatable bonds is 2. The molecule has 0 aliphatic rings. The molecule has 0 aliphatic carbocycles. The van der Waals surface area contributed by atoms with Gasteiger partial charge >= 0.3 is 0 Å². The Morgan fingerprint density at radius 3 is 2.32 bits per heavy atom. The van der Waals surface area contributed by atoms with E-state index in [1.165, 1.54) is 0 Å². The van der Waals surface area contributed by atoms with E-state index in [-0.39, 0.29) is 5.78 Å². The van der Waals surface area contributed by atoms with Gasteiger partial charge in [0.25, 0.3) is 0 Å². The van der Waals surface area contributed by atoms with Gasteiger partial charge in [-0.25, -0.2) is 0 Å². The second-order valence-electron chi connectivity index (χ2n) is 4.37. The Hall–Kier alpha value is -0.830. The lowest BCUT2D eigenvalue weighted by Gasteiger charge is -2.09. The molecule has 0 bridgehead atoms. The quantitative estimate of drug-likeness (QED) is 0.639. The summed E-state index contributed by atoms with van der Waals surface area (Å²) >= 11 is 15.5. The van der Waals surface area contributed by atoms with Crippen molar-refractivity contribution in [2.75, 3.05) is 0 Å². The molecule has 0 atom stereocenters. The van der Waals surface area contributed by atoms with Gasteiger partial charge in [-0.15, -0.1) is 0 Å². The first-order valence-corrected chi connectivity index (χ1v) is 7.21. The Bertz CT molecular complexity index is 665. The third-order valence-electron chi connectivity index (χ3n) is 2.92. The molecule has 19 heavy (non-hydrogen) atoms. The second kappa shape index (κ2) is 5.66. The maximum absolute atomic E-state index is 12.6. The first kappa shape index (κ1) is 14.6. The zero-order chi connectivity index (χ0) is 14.2. The van der Waals surface area contributed by atoms with E-state index in [1.807, 2.05) is 13.8 Å². The van der Waals surface area contributed by atoms with Gasteiger partial charge in [-0.3, -0.25) is 4.79 Å². The maximum atomic E-state index is 12.6. The third kappa shape index (κ3) is 3.02. The van der Waals surface area contributed by atoms with Crippen molar-refractivity contribution in [2.24, 2.45) is 0 Å². The van der Waals surface area contributed by atoms with Gasteiger partial charge in [-0.2, -0.15) is 0 Å². The van der Waals surface area contributed by atoms with E-state index in [0.29, 0.717) is 21.2 Å². The molecule has 0 N–H and O–H groups in total. The smallest absolute Gasteiger partial charge is 0.194 e. The van der Waals surface area contributed by atoms with E-state index < -0.39 is 0 Å². The van der Waals surface area contributed by atoms with Crippen molar-refractivity contribution < 1.29 is 4.79 Å². The number of aryl methyl sites for hydroxylation is 2. The Morgan fingerprint density at radius 2 is 1.63 bits per heavy atom. The summed E-state index contributed by atoms with van der Waals surface area (Å²) in [5.41, 5.74) is 2.83. The molecule has 98 valence electrons. The van der Waals surface area contributed by atoms with Gasteiger partial charge < -0.3 is 0 Å². The summed E-state index contributed by atoms with van der Waals surface area (Å²) in [5, 5.41) is 1.11. The monoisotopic (exact) mass is 356 g/mol. The predicted molar refractivity (Wildman–Crippen MR) is 83.5 cm³/mol. The van der Waals surface area contributed by atoms with Gasteiger partial charge in [0.05, 0.1) is 5.02 Å². The molecule has 0 unspecified atom stereocenters. The normalized spacial score (nSPS) is 10.6. The molecule has 0 fully saturated rings. The van der Waals surface area contributed by atoms with E-state index in [4.69, 9.17) is 23.2 Å². The third-order valence-corrected chi connectivity index (χ3v) is 4.15. The summed E-state index contributed by atoms with van der Waals surface area (Å²) in [7, 11) is 0. The summed E-state index contributed by atoms with van der Waals surface area (Å²) in [4.78, 5) is 12.6. The van der Waals surface area contributed by atoms with Gasteiger partial charge in [0.15, 0.2) is 5.78 Å². The SMILES string of the molecule is Cc1cc(C(=O)c2cc(Br)ccc2Cl)c(C)cc1Cl. The highest BCUT2D eigenvalue weighted by Gasteiger charge is 2.16. The van der Waals surface area contributed by atoms with Crippen LogP contribution in [0, 0.1) is 13.8 Å².